The fourth-order valence-corrected chi connectivity index (χ4v) is 0. The average Bonchev–Trinajstić information content (AvgIpc) is 2.08. The van der Waals surface area contributed by atoms with Crippen LogP contribution in [-0.2, 0) is 0 Å². The molecule has 1 N–H and O–H groups in total. The van der Waals surface area contributed by atoms with Crippen LogP contribution in [0, 0.1) is 0 Å². The van der Waals surface area contributed by atoms with Gasteiger partial charge >= 0.3 is 0 Å². The fraction of sp³-hybridized carbons (Fsp3) is 1.00. The van der Waals surface area contributed by atoms with Gasteiger partial charge in [0.25, 0.3) is 0 Å². The third-order valence-electron chi connectivity index (χ3n) is 0.854. The molecule has 0 bridgehead atoms. The van der Waals surface area contributed by atoms with Gasteiger partial charge in [-0.25, -0.2) is 0 Å². The van der Waals surface area contributed by atoms with E-state index in [1.807, 2.05) is 20.9 Å². The van der Waals surface area contributed by atoms with Crippen molar-refractivity contribution in [2.24, 2.45) is 0 Å². The van der Waals surface area contributed by atoms with Crippen molar-refractivity contribution in [1.29, 1.82) is 0 Å². The minimum Gasteiger partial charge on any atom is -0.320 e. The van der Waals surface area contributed by atoms with Crippen LogP contribution in [0.15, 0.2) is 0 Å². The number of rotatable bonds is 2. The maximum absolute atomic E-state index is 2.93. The summed E-state index contributed by atoms with van der Waals surface area (Å²) >= 11 is 0. The van der Waals surface area contributed by atoms with Crippen molar-refractivity contribution in [3.8, 4) is 0 Å². The van der Waals surface area contributed by atoms with E-state index in [4.69, 9.17) is 0 Å². The topological polar surface area (TPSA) is 12.0 Å². The number of nitrogens with one attached hydrogen (secondary N) is 1. The molecule has 0 rings (SSSR count). The highest BCUT2D eigenvalue weighted by Gasteiger charge is 1.56. The molecule has 0 saturated heterocycles. The molecule has 0 amide bonds. The van der Waals surface area contributed by atoms with Gasteiger partial charge in [-0.1, -0.05) is 47.5 Å². The van der Waals surface area contributed by atoms with Crippen molar-refractivity contribution >= 4 is 0 Å². The molecular weight excluding hydrogens is 122 g/mol. The van der Waals surface area contributed by atoms with Crippen LogP contribution in [0.5, 0.6) is 0 Å². The molecule has 0 heterocycles. The Kier molecular flexibility index (Phi) is 59.8. The Morgan fingerprint density at radius 1 is 0.900 bits per heavy atom. The number of hydrogen-bond acceptors (Lipinski definition) is 1. The first-order chi connectivity index (χ1) is 4.83. The standard InChI is InChI=1S/C4H10.C3H9N.C2H6/c2*1-3-4-2;1-2/h3-4H2,1-2H3;4H,3H2,1-2H3;1-2H3. The predicted molar refractivity (Wildman–Crippen MR) is 51.5 cm³/mol. The van der Waals surface area contributed by atoms with Crippen molar-refractivity contribution in [2.75, 3.05) is 13.6 Å². The van der Waals surface area contributed by atoms with Gasteiger partial charge in [0.05, 0.1) is 0 Å². The SMILES string of the molecule is CC.CCCC.CCNC. The second-order valence-electron chi connectivity index (χ2n) is 1.71. The summed E-state index contributed by atoms with van der Waals surface area (Å²) in [5, 5.41) is 2.93. The molecule has 0 spiro atoms. The molecule has 0 aromatic carbocycles. The Labute approximate surface area is 67.2 Å². The highest BCUT2D eigenvalue weighted by atomic mass is 14.8. The molecule has 0 fully saturated rings. The molecule has 0 aliphatic heterocycles. The molecule has 0 aromatic heterocycles. The van der Waals surface area contributed by atoms with Gasteiger partial charge in [-0.3, -0.25) is 0 Å². The van der Waals surface area contributed by atoms with Gasteiger partial charge in [-0.2, -0.15) is 0 Å². The second kappa shape index (κ2) is 36.2. The predicted octanol–water partition coefficient (Wildman–Crippen LogP) is 3.06. The lowest BCUT2D eigenvalue weighted by molar-refractivity contribution is 0.864. The summed E-state index contributed by atoms with van der Waals surface area (Å²) in [7, 11) is 1.93. The summed E-state index contributed by atoms with van der Waals surface area (Å²) in [6.07, 6.45) is 2.64. The molecule has 66 valence electrons. The van der Waals surface area contributed by atoms with Crippen LogP contribution >= 0.6 is 0 Å². The summed E-state index contributed by atoms with van der Waals surface area (Å²) in [4.78, 5) is 0. The quantitative estimate of drug-likeness (QED) is 0.633. The van der Waals surface area contributed by atoms with Crippen LogP contribution in [0.25, 0.3) is 0 Å². The van der Waals surface area contributed by atoms with Crippen LogP contribution < -0.4 is 5.32 Å². The fourth-order valence-electron chi connectivity index (χ4n) is 0. The first-order valence-electron chi connectivity index (χ1n) is 4.47. The van der Waals surface area contributed by atoms with Crippen molar-refractivity contribution in [3.63, 3.8) is 0 Å². The van der Waals surface area contributed by atoms with E-state index in [-0.39, 0.29) is 0 Å². The lowest BCUT2D eigenvalue weighted by Crippen LogP contribution is -2.01. The molecule has 1 nitrogen and oxygen atoms in total. The van der Waals surface area contributed by atoms with Crippen LogP contribution in [0.2, 0.25) is 0 Å². The van der Waals surface area contributed by atoms with Crippen LogP contribution in [0.4, 0.5) is 0 Å². The third-order valence-corrected chi connectivity index (χ3v) is 0.854. The van der Waals surface area contributed by atoms with Crippen molar-refractivity contribution in [2.45, 2.75) is 47.5 Å². The Balaban J connectivity index is -0.0000000787. The average molecular weight is 147 g/mol. The summed E-state index contributed by atoms with van der Waals surface area (Å²) < 4.78 is 0. The Hall–Kier alpha value is -0.0400. The summed E-state index contributed by atoms with van der Waals surface area (Å²) in [5.74, 6) is 0. The van der Waals surface area contributed by atoms with Crippen LogP contribution in [-0.4, -0.2) is 13.6 Å². The van der Waals surface area contributed by atoms with E-state index in [2.05, 4.69) is 26.1 Å². The summed E-state index contributed by atoms with van der Waals surface area (Å²) in [6.45, 7) is 11.5. The second-order valence-corrected chi connectivity index (χ2v) is 1.71. The minimum atomic E-state index is 1.07. The van der Waals surface area contributed by atoms with Crippen molar-refractivity contribution in [3.05, 3.63) is 0 Å². The number of unbranched alkanes of at least 4 members (excludes halogenated alkanes) is 1. The largest absolute Gasteiger partial charge is 0.320 e. The first kappa shape index (κ1) is 16.5. The third kappa shape index (κ3) is 100. The number of hydrogen-bond donors (Lipinski definition) is 1. The molecule has 0 aliphatic rings. The van der Waals surface area contributed by atoms with E-state index in [0.717, 1.165) is 6.54 Å². The van der Waals surface area contributed by atoms with Crippen molar-refractivity contribution in [1.82, 2.24) is 5.32 Å². The van der Waals surface area contributed by atoms with E-state index < -0.39 is 0 Å². The van der Waals surface area contributed by atoms with Crippen LogP contribution in [0.3, 0.4) is 0 Å². The Morgan fingerprint density at radius 3 is 1.10 bits per heavy atom. The molecular formula is C9H25N. The minimum absolute atomic E-state index is 1.07. The molecule has 0 unspecified atom stereocenters. The molecule has 0 atom stereocenters. The van der Waals surface area contributed by atoms with E-state index in [0.29, 0.717) is 0 Å². The maximum Gasteiger partial charge on any atom is -0.00804 e. The zero-order valence-electron chi connectivity index (χ0n) is 8.62. The smallest absolute Gasteiger partial charge is 0.00804 e. The molecule has 0 aliphatic carbocycles. The zero-order valence-corrected chi connectivity index (χ0v) is 8.62. The highest BCUT2D eigenvalue weighted by molar-refractivity contribution is 4.15. The zero-order chi connectivity index (χ0) is 8.83. The van der Waals surface area contributed by atoms with Gasteiger partial charge in [0.2, 0.25) is 0 Å². The summed E-state index contributed by atoms with van der Waals surface area (Å²) in [5.41, 5.74) is 0. The van der Waals surface area contributed by atoms with Crippen molar-refractivity contribution < 1.29 is 0 Å². The highest BCUT2D eigenvalue weighted by Crippen LogP contribution is 1.76. The van der Waals surface area contributed by atoms with E-state index >= 15 is 0 Å². The molecule has 0 radical (unpaired) electrons. The van der Waals surface area contributed by atoms with E-state index in [1.54, 1.807) is 0 Å². The van der Waals surface area contributed by atoms with Gasteiger partial charge in [0.1, 0.15) is 0 Å². The lowest BCUT2D eigenvalue weighted by atomic mass is 10.4. The van der Waals surface area contributed by atoms with Gasteiger partial charge in [-0.15, -0.1) is 0 Å². The molecule has 0 saturated carbocycles. The first-order valence-corrected chi connectivity index (χ1v) is 4.47. The maximum atomic E-state index is 2.93. The normalized spacial score (nSPS) is 6.60. The molecule has 0 aromatic rings. The lowest BCUT2D eigenvalue weighted by Gasteiger charge is -1.76. The molecule has 1 heteroatoms. The van der Waals surface area contributed by atoms with Gasteiger partial charge < -0.3 is 5.32 Å². The van der Waals surface area contributed by atoms with E-state index in [9.17, 15) is 0 Å². The van der Waals surface area contributed by atoms with Gasteiger partial charge in [0.15, 0.2) is 0 Å². The van der Waals surface area contributed by atoms with Crippen LogP contribution in [0.1, 0.15) is 47.5 Å². The molecule has 10 heavy (non-hydrogen) atoms. The Bertz CT molecular complexity index is 12.7. The monoisotopic (exact) mass is 147 g/mol. The van der Waals surface area contributed by atoms with E-state index in [1.165, 1.54) is 12.8 Å². The Morgan fingerprint density at radius 2 is 1.10 bits per heavy atom. The summed E-state index contributed by atoms with van der Waals surface area (Å²) in [6, 6.07) is 0. The van der Waals surface area contributed by atoms with Gasteiger partial charge in [0, 0.05) is 0 Å². The van der Waals surface area contributed by atoms with Gasteiger partial charge in [-0.05, 0) is 13.6 Å².